The first-order chi connectivity index (χ1) is 8.28. The van der Waals surface area contributed by atoms with Gasteiger partial charge in [-0.15, -0.1) is 0 Å². The molecule has 5 heteroatoms. The van der Waals surface area contributed by atoms with Crippen molar-refractivity contribution in [3.05, 3.63) is 23.7 Å². The Morgan fingerprint density at radius 3 is 2.67 bits per heavy atom. The first kappa shape index (κ1) is 14.7. The van der Waals surface area contributed by atoms with Gasteiger partial charge in [0, 0.05) is 6.54 Å². The first-order valence-electron chi connectivity index (χ1n) is 5.97. The second-order valence-corrected chi connectivity index (χ2v) is 5.66. The van der Waals surface area contributed by atoms with E-state index in [0.717, 1.165) is 0 Å². The van der Waals surface area contributed by atoms with E-state index in [0.29, 0.717) is 25.3 Å². The lowest BCUT2D eigenvalue weighted by atomic mass is 9.89. The maximum Gasteiger partial charge on any atom is 0.338 e. The van der Waals surface area contributed by atoms with Gasteiger partial charge in [0.15, 0.2) is 0 Å². The molecule has 0 aliphatic heterocycles. The third-order valence-corrected chi connectivity index (χ3v) is 2.43. The summed E-state index contributed by atoms with van der Waals surface area (Å²) < 4.78 is 5.08. The minimum absolute atomic E-state index is 0.0856. The number of carboxylic acids is 1. The molecule has 0 aromatic carbocycles. The predicted molar refractivity (Wildman–Crippen MR) is 67.5 cm³/mol. The average molecular weight is 255 g/mol. The van der Waals surface area contributed by atoms with Gasteiger partial charge in [-0.1, -0.05) is 20.8 Å². The van der Waals surface area contributed by atoms with Crippen LogP contribution >= 0.6 is 0 Å². The number of aliphatic hydroxyl groups is 1. The Morgan fingerprint density at radius 2 is 2.17 bits per heavy atom. The number of nitrogens with one attached hydrogen (secondary N) is 1. The molecule has 0 radical (unpaired) electrons. The minimum atomic E-state index is -1.00. The van der Waals surface area contributed by atoms with E-state index in [1.165, 1.54) is 12.3 Å². The number of furan rings is 1. The van der Waals surface area contributed by atoms with E-state index < -0.39 is 12.1 Å². The van der Waals surface area contributed by atoms with Crippen LogP contribution in [0.2, 0.25) is 0 Å². The zero-order valence-corrected chi connectivity index (χ0v) is 11.1. The van der Waals surface area contributed by atoms with Gasteiger partial charge >= 0.3 is 5.97 Å². The highest BCUT2D eigenvalue weighted by Crippen LogP contribution is 2.20. The van der Waals surface area contributed by atoms with Crippen molar-refractivity contribution in [2.75, 3.05) is 6.54 Å². The van der Waals surface area contributed by atoms with Gasteiger partial charge in [-0.05, 0) is 17.9 Å². The third kappa shape index (κ3) is 5.33. The molecule has 1 unspecified atom stereocenters. The van der Waals surface area contributed by atoms with Crippen molar-refractivity contribution in [3.63, 3.8) is 0 Å². The highest BCUT2D eigenvalue weighted by atomic mass is 16.4. The molecule has 0 aliphatic carbocycles. The standard InChI is InChI=1S/C13H21NO4/c1-13(2,3)5-10(15)6-14-7-11-4-9(8-18-11)12(16)17/h4,8,10,14-15H,5-7H2,1-3H3,(H,16,17). The largest absolute Gasteiger partial charge is 0.478 e. The van der Waals surface area contributed by atoms with E-state index in [9.17, 15) is 9.90 Å². The number of rotatable bonds is 6. The molecule has 1 heterocycles. The second kappa shape index (κ2) is 6.02. The molecule has 5 nitrogen and oxygen atoms in total. The van der Waals surface area contributed by atoms with Crippen molar-refractivity contribution in [1.82, 2.24) is 5.32 Å². The van der Waals surface area contributed by atoms with E-state index >= 15 is 0 Å². The normalized spacial score (nSPS) is 13.6. The van der Waals surface area contributed by atoms with Gasteiger partial charge in [-0.2, -0.15) is 0 Å². The Labute approximate surface area is 107 Å². The van der Waals surface area contributed by atoms with Gasteiger partial charge in [0.2, 0.25) is 0 Å². The fourth-order valence-electron chi connectivity index (χ4n) is 1.73. The summed E-state index contributed by atoms with van der Waals surface area (Å²) in [6.45, 7) is 7.08. The first-order valence-corrected chi connectivity index (χ1v) is 5.97. The van der Waals surface area contributed by atoms with Crippen LogP contribution < -0.4 is 5.32 Å². The number of carbonyl (C=O) groups is 1. The van der Waals surface area contributed by atoms with Crippen LogP contribution in [0.5, 0.6) is 0 Å². The van der Waals surface area contributed by atoms with Crippen LogP contribution in [0, 0.1) is 5.41 Å². The van der Waals surface area contributed by atoms with E-state index in [2.05, 4.69) is 26.1 Å². The van der Waals surface area contributed by atoms with Crippen LogP contribution in [0.3, 0.4) is 0 Å². The topological polar surface area (TPSA) is 82.7 Å². The van der Waals surface area contributed by atoms with Gasteiger partial charge in [-0.3, -0.25) is 0 Å². The Kier molecular flexibility index (Phi) is 4.93. The van der Waals surface area contributed by atoms with Crippen molar-refractivity contribution in [2.24, 2.45) is 5.41 Å². The molecule has 0 aliphatic rings. The number of carboxylic acid groups (broad SMARTS) is 1. The van der Waals surface area contributed by atoms with Crippen molar-refractivity contribution < 1.29 is 19.4 Å². The zero-order chi connectivity index (χ0) is 13.8. The molecule has 0 amide bonds. The van der Waals surface area contributed by atoms with Crippen LogP contribution in [-0.2, 0) is 6.54 Å². The van der Waals surface area contributed by atoms with Gasteiger partial charge in [0.25, 0.3) is 0 Å². The summed E-state index contributed by atoms with van der Waals surface area (Å²) in [6, 6.07) is 1.48. The van der Waals surface area contributed by atoms with Crippen molar-refractivity contribution in [2.45, 2.75) is 39.8 Å². The molecular formula is C13H21NO4. The molecule has 0 bridgehead atoms. The molecule has 0 saturated heterocycles. The molecule has 3 N–H and O–H groups in total. The lowest BCUT2D eigenvalue weighted by molar-refractivity contribution is 0.0696. The van der Waals surface area contributed by atoms with Crippen LogP contribution in [0.4, 0.5) is 0 Å². The molecule has 0 fully saturated rings. The summed E-state index contributed by atoms with van der Waals surface area (Å²) in [7, 11) is 0. The Morgan fingerprint density at radius 1 is 1.50 bits per heavy atom. The Hall–Kier alpha value is -1.33. The van der Waals surface area contributed by atoms with Crippen LogP contribution in [0.15, 0.2) is 16.7 Å². The molecule has 0 saturated carbocycles. The fourth-order valence-corrected chi connectivity index (χ4v) is 1.73. The van der Waals surface area contributed by atoms with Gasteiger partial charge in [-0.25, -0.2) is 4.79 Å². The van der Waals surface area contributed by atoms with Crippen molar-refractivity contribution >= 4 is 5.97 Å². The molecule has 1 aromatic heterocycles. The lowest BCUT2D eigenvalue weighted by Crippen LogP contribution is -2.29. The summed E-state index contributed by atoms with van der Waals surface area (Å²) in [4.78, 5) is 10.6. The molecule has 102 valence electrons. The quantitative estimate of drug-likeness (QED) is 0.722. The van der Waals surface area contributed by atoms with Gasteiger partial charge < -0.3 is 19.9 Å². The smallest absolute Gasteiger partial charge is 0.338 e. The third-order valence-electron chi connectivity index (χ3n) is 2.43. The molecule has 1 aromatic rings. The molecular weight excluding hydrogens is 234 g/mol. The molecule has 1 atom stereocenters. The zero-order valence-electron chi connectivity index (χ0n) is 11.1. The van der Waals surface area contributed by atoms with Crippen LogP contribution in [0.1, 0.15) is 43.3 Å². The second-order valence-electron chi connectivity index (χ2n) is 5.66. The van der Waals surface area contributed by atoms with Crippen molar-refractivity contribution in [1.29, 1.82) is 0 Å². The Balaban J connectivity index is 2.31. The van der Waals surface area contributed by atoms with Gasteiger partial charge in [0.05, 0.1) is 18.2 Å². The van der Waals surface area contributed by atoms with E-state index in [1.54, 1.807) is 0 Å². The predicted octanol–water partition coefficient (Wildman–Crippen LogP) is 1.86. The number of hydrogen-bond donors (Lipinski definition) is 3. The lowest BCUT2D eigenvalue weighted by Gasteiger charge is -2.22. The Bertz CT molecular complexity index is 392. The summed E-state index contributed by atoms with van der Waals surface area (Å²) in [5, 5.41) is 21.5. The van der Waals surface area contributed by atoms with E-state index in [1.807, 2.05) is 0 Å². The molecule has 18 heavy (non-hydrogen) atoms. The minimum Gasteiger partial charge on any atom is -0.478 e. The number of aromatic carboxylic acids is 1. The maximum atomic E-state index is 10.6. The SMILES string of the molecule is CC(C)(C)CC(O)CNCc1cc(C(=O)O)co1. The van der Waals surface area contributed by atoms with Crippen LogP contribution in [-0.4, -0.2) is 28.8 Å². The number of aliphatic hydroxyl groups excluding tert-OH is 1. The highest BCUT2D eigenvalue weighted by molar-refractivity contribution is 5.87. The fraction of sp³-hybridized carbons (Fsp3) is 0.615. The van der Waals surface area contributed by atoms with E-state index in [4.69, 9.17) is 9.52 Å². The highest BCUT2D eigenvalue weighted by Gasteiger charge is 2.16. The van der Waals surface area contributed by atoms with E-state index in [-0.39, 0.29) is 11.0 Å². The molecule has 0 spiro atoms. The van der Waals surface area contributed by atoms with Gasteiger partial charge in [0.1, 0.15) is 12.0 Å². The summed E-state index contributed by atoms with van der Waals surface area (Å²) >= 11 is 0. The maximum absolute atomic E-state index is 10.6. The summed E-state index contributed by atoms with van der Waals surface area (Å²) in [6.07, 6.45) is 1.50. The van der Waals surface area contributed by atoms with Crippen molar-refractivity contribution in [3.8, 4) is 0 Å². The average Bonchev–Trinajstić information content (AvgIpc) is 2.63. The molecule has 1 rings (SSSR count). The summed E-state index contributed by atoms with van der Waals surface area (Å²) in [5.74, 6) is -0.451. The monoisotopic (exact) mass is 255 g/mol. The van der Waals surface area contributed by atoms with Crippen LogP contribution in [0.25, 0.3) is 0 Å². The summed E-state index contributed by atoms with van der Waals surface area (Å²) in [5.41, 5.74) is 0.226. The number of hydrogen-bond acceptors (Lipinski definition) is 4.